The van der Waals surface area contributed by atoms with Crippen molar-refractivity contribution in [2.75, 3.05) is 25.5 Å². The fraction of sp³-hybridized carbons (Fsp3) is 0.182. The third-order valence-electron chi connectivity index (χ3n) is 5.19. The van der Waals surface area contributed by atoms with Crippen molar-refractivity contribution in [3.05, 3.63) is 69.8 Å². The van der Waals surface area contributed by atoms with E-state index in [1.54, 1.807) is 10.6 Å². The second-order valence-electron chi connectivity index (χ2n) is 7.52. The number of fused-ring (bicyclic) bond motifs is 1. The summed E-state index contributed by atoms with van der Waals surface area (Å²) in [6.45, 7) is 0.732. The van der Waals surface area contributed by atoms with E-state index in [1.165, 1.54) is 35.7 Å². The topological polar surface area (TPSA) is 79.6 Å². The van der Waals surface area contributed by atoms with E-state index < -0.39 is 10.0 Å². The van der Waals surface area contributed by atoms with Gasteiger partial charge < -0.3 is 5.32 Å². The van der Waals surface area contributed by atoms with Crippen molar-refractivity contribution in [3.63, 3.8) is 0 Å². The van der Waals surface area contributed by atoms with E-state index in [0.29, 0.717) is 45.6 Å². The lowest BCUT2D eigenvalue weighted by atomic mass is 10.0. The highest BCUT2D eigenvalue weighted by Crippen LogP contribution is 2.29. The summed E-state index contributed by atoms with van der Waals surface area (Å²) in [5, 5.41) is 8.60. The zero-order valence-electron chi connectivity index (χ0n) is 18.0. The van der Waals surface area contributed by atoms with Gasteiger partial charge in [0.25, 0.3) is 0 Å². The SMILES string of the molecule is [B]c1cnn2c(NCCCN(C)S(=O)(=O)c3ccc(Cl)cc3Cl)cc(-c3ccccc3Cl)nc12. The summed E-state index contributed by atoms with van der Waals surface area (Å²) in [4.78, 5) is 4.62. The second-order valence-corrected chi connectivity index (χ2v) is 10.8. The maximum atomic E-state index is 12.9. The molecule has 12 heteroatoms. The Labute approximate surface area is 214 Å². The fourth-order valence-corrected chi connectivity index (χ4v) is 5.59. The lowest BCUT2D eigenvalue weighted by Crippen LogP contribution is -2.29. The Kier molecular flexibility index (Phi) is 7.40. The highest BCUT2D eigenvalue weighted by molar-refractivity contribution is 7.89. The van der Waals surface area contributed by atoms with Gasteiger partial charge in [0.05, 0.1) is 10.7 Å². The first kappa shape index (κ1) is 24.8. The predicted molar refractivity (Wildman–Crippen MR) is 138 cm³/mol. The van der Waals surface area contributed by atoms with Gasteiger partial charge in [-0.15, -0.1) is 0 Å². The van der Waals surface area contributed by atoms with Crippen molar-refractivity contribution in [2.24, 2.45) is 0 Å². The average molecular weight is 535 g/mol. The fourth-order valence-electron chi connectivity index (χ4n) is 3.40. The molecule has 0 atom stereocenters. The molecule has 0 saturated heterocycles. The molecule has 0 bridgehead atoms. The maximum absolute atomic E-state index is 12.9. The molecule has 2 aromatic carbocycles. The number of anilines is 1. The van der Waals surface area contributed by atoms with Gasteiger partial charge in [-0.05, 0) is 36.1 Å². The van der Waals surface area contributed by atoms with E-state index >= 15 is 0 Å². The van der Waals surface area contributed by atoms with Crippen LogP contribution in [0.1, 0.15) is 6.42 Å². The number of aromatic nitrogens is 3. The van der Waals surface area contributed by atoms with Gasteiger partial charge in [-0.1, -0.05) is 53.0 Å². The lowest BCUT2D eigenvalue weighted by Gasteiger charge is -2.18. The van der Waals surface area contributed by atoms with Crippen LogP contribution in [0.3, 0.4) is 0 Å². The molecule has 2 aromatic heterocycles. The standard InChI is InChI=1S/C22H19BCl3N5O2S/c1-30(34(32,33)20-8-7-14(24)11-18(20)26)10-4-9-27-21-12-19(15-5-2-3-6-17(15)25)29-22-16(23)13-28-31(21)22/h2-3,5-8,11-13,27H,4,9-10H2,1H3. The molecule has 0 spiro atoms. The summed E-state index contributed by atoms with van der Waals surface area (Å²) in [5.41, 5.74) is 2.34. The largest absolute Gasteiger partial charge is 0.370 e. The molecule has 2 heterocycles. The van der Waals surface area contributed by atoms with E-state index in [1.807, 2.05) is 24.3 Å². The molecule has 0 aliphatic carbocycles. The van der Waals surface area contributed by atoms with Crippen LogP contribution in [0.5, 0.6) is 0 Å². The first-order valence-corrected chi connectivity index (χ1v) is 12.8. The third kappa shape index (κ3) is 5.04. The zero-order valence-corrected chi connectivity index (χ0v) is 21.1. The van der Waals surface area contributed by atoms with Gasteiger partial charge in [-0.2, -0.15) is 9.61 Å². The van der Waals surface area contributed by atoms with Crippen molar-refractivity contribution in [3.8, 4) is 11.3 Å². The minimum Gasteiger partial charge on any atom is -0.370 e. The van der Waals surface area contributed by atoms with Gasteiger partial charge in [0.1, 0.15) is 18.6 Å². The van der Waals surface area contributed by atoms with E-state index in [-0.39, 0.29) is 16.5 Å². The Hall–Kier alpha value is -2.30. The van der Waals surface area contributed by atoms with Gasteiger partial charge in [0, 0.05) is 48.0 Å². The van der Waals surface area contributed by atoms with Crippen molar-refractivity contribution in [1.82, 2.24) is 18.9 Å². The summed E-state index contributed by atoms with van der Waals surface area (Å²) in [7, 11) is 3.80. The monoisotopic (exact) mass is 533 g/mol. The van der Waals surface area contributed by atoms with Gasteiger partial charge in [0.2, 0.25) is 10.0 Å². The molecule has 174 valence electrons. The van der Waals surface area contributed by atoms with Crippen LogP contribution in [0.25, 0.3) is 16.9 Å². The van der Waals surface area contributed by atoms with Crippen molar-refractivity contribution in [1.29, 1.82) is 0 Å². The molecule has 7 nitrogen and oxygen atoms in total. The minimum absolute atomic E-state index is 0.0151. The highest BCUT2D eigenvalue weighted by atomic mass is 35.5. The highest BCUT2D eigenvalue weighted by Gasteiger charge is 2.23. The van der Waals surface area contributed by atoms with Crippen LogP contribution in [-0.2, 0) is 10.0 Å². The minimum atomic E-state index is -3.75. The zero-order chi connectivity index (χ0) is 24.5. The number of hydrogen-bond acceptors (Lipinski definition) is 5. The maximum Gasteiger partial charge on any atom is 0.244 e. The average Bonchev–Trinajstić information content (AvgIpc) is 3.17. The Balaban J connectivity index is 1.49. The third-order valence-corrected chi connectivity index (χ3v) is 8.09. The Morgan fingerprint density at radius 3 is 2.59 bits per heavy atom. The molecule has 1 N–H and O–H groups in total. The number of halogens is 3. The van der Waals surface area contributed by atoms with Crippen LogP contribution in [0, 0.1) is 0 Å². The molecule has 0 saturated carbocycles. The van der Waals surface area contributed by atoms with E-state index in [2.05, 4.69) is 15.4 Å². The smallest absolute Gasteiger partial charge is 0.244 e. The quantitative estimate of drug-likeness (QED) is 0.270. The predicted octanol–water partition coefficient (Wildman–Crippen LogP) is 4.27. The van der Waals surface area contributed by atoms with E-state index in [4.69, 9.17) is 42.6 Å². The molecular formula is C22H19BCl3N5O2S. The summed E-state index contributed by atoms with van der Waals surface area (Å²) in [6.07, 6.45) is 2.04. The lowest BCUT2D eigenvalue weighted by molar-refractivity contribution is 0.465. The molecule has 0 aliphatic heterocycles. The van der Waals surface area contributed by atoms with Crippen LogP contribution in [0.4, 0.5) is 5.82 Å². The van der Waals surface area contributed by atoms with E-state index in [0.717, 1.165) is 5.56 Å². The summed E-state index contributed by atoms with van der Waals surface area (Å²) in [5.74, 6) is 0.655. The van der Waals surface area contributed by atoms with Gasteiger partial charge >= 0.3 is 0 Å². The summed E-state index contributed by atoms with van der Waals surface area (Å²) >= 11 is 18.3. The molecule has 34 heavy (non-hydrogen) atoms. The van der Waals surface area contributed by atoms with Gasteiger partial charge in [-0.3, -0.25) is 0 Å². The van der Waals surface area contributed by atoms with Crippen LogP contribution in [-0.4, -0.2) is 55.3 Å². The molecule has 4 aromatic rings. The number of sulfonamides is 1. The first-order chi connectivity index (χ1) is 16.2. The number of nitrogens with zero attached hydrogens (tertiary/aromatic N) is 4. The normalized spacial score (nSPS) is 11.9. The number of hydrogen-bond donors (Lipinski definition) is 1. The summed E-state index contributed by atoms with van der Waals surface area (Å²) in [6, 6.07) is 13.5. The number of benzene rings is 2. The molecule has 0 unspecified atom stereocenters. The van der Waals surface area contributed by atoms with Crippen molar-refractivity contribution < 1.29 is 8.42 Å². The molecular weight excluding hydrogens is 516 g/mol. The second kappa shape index (κ2) is 10.1. The molecule has 0 aliphatic rings. The van der Waals surface area contributed by atoms with Crippen LogP contribution in [0.2, 0.25) is 15.1 Å². The Bertz CT molecular complexity index is 1460. The molecule has 0 amide bonds. The van der Waals surface area contributed by atoms with Crippen LogP contribution >= 0.6 is 34.8 Å². The molecule has 4 rings (SSSR count). The van der Waals surface area contributed by atoms with Crippen molar-refractivity contribution >= 4 is 69.6 Å². The number of rotatable bonds is 8. The number of nitrogens with one attached hydrogen (secondary N) is 1. The van der Waals surface area contributed by atoms with Gasteiger partial charge in [-0.25, -0.2) is 17.7 Å². The van der Waals surface area contributed by atoms with Crippen molar-refractivity contribution in [2.45, 2.75) is 11.3 Å². The van der Waals surface area contributed by atoms with Gasteiger partial charge in [0.15, 0.2) is 5.65 Å². The first-order valence-electron chi connectivity index (χ1n) is 10.2. The van der Waals surface area contributed by atoms with Crippen LogP contribution in [0.15, 0.2) is 59.6 Å². The van der Waals surface area contributed by atoms with Crippen LogP contribution < -0.4 is 10.8 Å². The Morgan fingerprint density at radius 1 is 1.09 bits per heavy atom. The van der Waals surface area contributed by atoms with E-state index in [9.17, 15) is 8.42 Å². The Morgan fingerprint density at radius 2 is 1.85 bits per heavy atom. The summed E-state index contributed by atoms with van der Waals surface area (Å²) < 4.78 is 28.6. The molecule has 2 radical (unpaired) electrons. The molecule has 0 fully saturated rings.